The first-order chi connectivity index (χ1) is 17.9. The first-order valence-electron chi connectivity index (χ1n) is 13.2. The molecule has 1 amide bonds. The van der Waals surface area contributed by atoms with Crippen molar-refractivity contribution in [3.05, 3.63) is 64.2 Å². The lowest BCUT2D eigenvalue weighted by atomic mass is 9.87. The second-order valence-electron chi connectivity index (χ2n) is 10.3. The number of halogens is 1. The maximum absolute atomic E-state index is 13.7. The van der Waals surface area contributed by atoms with E-state index in [2.05, 4.69) is 17.1 Å². The Balaban J connectivity index is 1.54. The van der Waals surface area contributed by atoms with Crippen molar-refractivity contribution in [2.24, 2.45) is 5.92 Å². The first-order valence-corrected chi connectivity index (χ1v) is 13.2. The monoisotopic (exact) mass is 507 g/mol. The van der Waals surface area contributed by atoms with Crippen LogP contribution in [-0.2, 0) is 11.3 Å². The molecule has 1 saturated carbocycles. The summed E-state index contributed by atoms with van der Waals surface area (Å²) >= 11 is 0. The van der Waals surface area contributed by atoms with Crippen molar-refractivity contribution in [3.8, 4) is 16.9 Å². The molecule has 0 atom stereocenters. The molecule has 1 aromatic heterocycles. The molecule has 196 valence electrons. The van der Waals surface area contributed by atoms with Crippen molar-refractivity contribution in [2.75, 3.05) is 32.8 Å². The predicted octanol–water partition coefficient (Wildman–Crippen LogP) is 4.15. The number of morpholine rings is 1. The minimum Gasteiger partial charge on any atom is -0.506 e. The molecule has 0 spiro atoms. The van der Waals surface area contributed by atoms with Gasteiger partial charge in [0.1, 0.15) is 17.1 Å². The Morgan fingerprint density at radius 2 is 1.70 bits per heavy atom. The van der Waals surface area contributed by atoms with Crippen molar-refractivity contribution >= 4 is 16.8 Å². The zero-order chi connectivity index (χ0) is 25.9. The number of carbonyl (C=O) groups excluding carboxylic acids is 1. The average Bonchev–Trinajstić information content (AvgIpc) is 2.91. The van der Waals surface area contributed by atoms with Crippen LogP contribution < -0.4 is 10.9 Å². The van der Waals surface area contributed by atoms with E-state index in [0.29, 0.717) is 43.1 Å². The summed E-state index contributed by atoms with van der Waals surface area (Å²) in [6.45, 7) is 6.09. The van der Waals surface area contributed by atoms with Gasteiger partial charge in [-0.3, -0.25) is 14.5 Å². The maximum atomic E-state index is 13.7. The summed E-state index contributed by atoms with van der Waals surface area (Å²) in [6, 6.07) is 11.5. The number of carbonyl (C=O) groups is 1. The molecule has 3 aromatic rings. The lowest BCUT2D eigenvalue weighted by Gasteiger charge is -2.28. The van der Waals surface area contributed by atoms with E-state index in [-0.39, 0.29) is 23.2 Å². The van der Waals surface area contributed by atoms with Crippen molar-refractivity contribution in [1.82, 2.24) is 14.8 Å². The number of amides is 1. The van der Waals surface area contributed by atoms with E-state index in [1.54, 1.807) is 28.8 Å². The van der Waals surface area contributed by atoms with Crippen LogP contribution in [0.4, 0.5) is 4.39 Å². The summed E-state index contributed by atoms with van der Waals surface area (Å²) < 4.78 is 20.5. The van der Waals surface area contributed by atoms with Gasteiger partial charge in [0.25, 0.3) is 11.5 Å². The molecule has 2 heterocycles. The lowest BCUT2D eigenvalue weighted by Crippen LogP contribution is -2.42. The summed E-state index contributed by atoms with van der Waals surface area (Å²) in [5.74, 6) is -0.547. The Morgan fingerprint density at radius 3 is 2.41 bits per heavy atom. The van der Waals surface area contributed by atoms with E-state index in [1.165, 1.54) is 12.1 Å². The SMILES string of the molecule is C[C@H]1CC[C@@H](NC(=O)c2c(O)c3cc(-c4ccc(F)cc4)ccc3n(CCN3CCOCC3)c2=O)CC1. The molecule has 0 unspecified atom stereocenters. The molecule has 2 N–H and O–H groups in total. The normalized spacial score (nSPS) is 20.7. The van der Waals surface area contributed by atoms with Gasteiger partial charge < -0.3 is 19.7 Å². The Hall–Kier alpha value is -3.23. The number of fused-ring (bicyclic) bond motifs is 1. The van der Waals surface area contributed by atoms with E-state index in [9.17, 15) is 19.1 Å². The Bertz CT molecular complexity index is 1320. The van der Waals surface area contributed by atoms with Gasteiger partial charge in [0.05, 0.1) is 18.7 Å². The molecule has 0 bridgehead atoms. The zero-order valence-electron chi connectivity index (χ0n) is 21.2. The van der Waals surface area contributed by atoms with Gasteiger partial charge >= 0.3 is 0 Å². The molecule has 1 saturated heterocycles. The van der Waals surface area contributed by atoms with Crippen LogP contribution in [0.2, 0.25) is 0 Å². The fourth-order valence-corrected chi connectivity index (χ4v) is 5.42. The zero-order valence-corrected chi connectivity index (χ0v) is 21.2. The van der Waals surface area contributed by atoms with E-state index in [1.807, 2.05) is 6.07 Å². The van der Waals surface area contributed by atoms with Gasteiger partial charge in [-0.05, 0) is 67.0 Å². The topological polar surface area (TPSA) is 83.8 Å². The number of hydrogen-bond donors (Lipinski definition) is 2. The standard InChI is InChI=1S/C29H34FN3O4/c1-19-2-9-23(10-3-19)31-28(35)26-27(34)24-18-21(20-4-7-22(30)8-5-20)6-11-25(24)33(29(26)36)13-12-32-14-16-37-17-15-32/h4-8,11,18-19,23,34H,2-3,9-10,12-17H2,1H3,(H,31,35)/t19-,23+. The summed E-state index contributed by atoms with van der Waals surface area (Å²) in [6.07, 6.45) is 3.78. The number of ether oxygens (including phenoxy) is 1. The molecular weight excluding hydrogens is 473 g/mol. The lowest BCUT2D eigenvalue weighted by molar-refractivity contribution is 0.0364. The first kappa shape index (κ1) is 25.4. The van der Waals surface area contributed by atoms with Crippen molar-refractivity contribution in [3.63, 3.8) is 0 Å². The number of rotatable bonds is 6. The highest BCUT2D eigenvalue weighted by Crippen LogP contribution is 2.32. The number of pyridine rings is 1. The van der Waals surface area contributed by atoms with Crippen molar-refractivity contribution in [1.29, 1.82) is 0 Å². The summed E-state index contributed by atoms with van der Waals surface area (Å²) in [7, 11) is 0. The van der Waals surface area contributed by atoms with Gasteiger partial charge in [-0.2, -0.15) is 0 Å². The highest BCUT2D eigenvalue weighted by molar-refractivity contribution is 6.03. The van der Waals surface area contributed by atoms with Gasteiger partial charge in [0.2, 0.25) is 0 Å². The number of aromatic hydroxyl groups is 1. The predicted molar refractivity (Wildman–Crippen MR) is 141 cm³/mol. The number of hydrogen-bond acceptors (Lipinski definition) is 5. The third kappa shape index (κ3) is 5.55. The van der Waals surface area contributed by atoms with Gasteiger partial charge in [0.15, 0.2) is 0 Å². The molecule has 2 aliphatic rings. The second-order valence-corrected chi connectivity index (χ2v) is 10.3. The van der Waals surface area contributed by atoms with Crippen LogP contribution in [0.15, 0.2) is 47.3 Å². The molecule has 1 aliphatic heterocycles. The smallest absolute Gasteiger partial charge is 0.267 e. The second kappa shape index (κ2) is 11.0. The van der Waals surface area contributed by atoms with Crippen LogP contribution in [0, 0.1) is 11.7 Å². The largest absolute Gasteiger partial charge is 0.506 e. The van der Waals surface area contributed by atoms with Gasteiger partial charge in [-0.15, -0.1) is 0 Å². The molecule has 5 rings (SSSR count). The number of benzene rings is 2. The van der Waals surface area contributed by atoms with Crippen LogP contribution in [0.3, 0.4) is 0 Å². The summed E-state index contributed by atoms with van der Waals surface area (Å²) in [5.41, 5.74) is 1.38. The van der Waals surface area contributed by atoms with E-state index < -0.39 is 11.5 Å². The molecule has 2 fully saturated rings. The Morgan fingerprint density at radius 1 is 1.03 bits per heavy atom. The molecule has 1 aliphatic carbocycles. The summed E-state index contributed by atoms with van der Waals surface area (Å²) in [5, 5.41) is 14.7. The highest BCUT2D eigenvalue weighted by atomic mass is 19.1. The van der Waals surface area contributed by atoms with E-state index in [0.717, 1.165) is 49.9 Å². The van der Waals surface area contributed by atoms with Crippen LogP contribution >= 0.6 is 0 Å². The molecule has 2 aromatic carbocycles. The van der Waals surface area contributed by atoms with E-state index >= 15 is 0 Å². The van der Waals surface area contributed by atoms with Crippen molar-refractivity contribution in [2.45, 2.75) is 45.2 Å². The van der Waals surface area contributed by atoms with Gasteiger partial charge in [-0.1, -0.05) is 25.1 Å². The van der Waals surface area contributed by atoms with Crippen molar-refractivity contribution < 1.29 is 19.0 Å². The Labute approximate surface area is 215 Å². The van der Waals surface area contributed by atoms with Crippen LogP contribution in [0.25, 0.3) is 22.0 Å². The van der Waals surface area contributed by atoms with Gasteiger partial charge in [-0.25, -0.2) is 4.39 Å². The van der Waals surface area contributed by atoms with E-state index in [4.69, 9.17) is 4.74 Å². The maximum Gasteiger partial charge on any atom is 0.267 e. The fourth-order valence-electron chi connectivity index (χ4n) is 5.42. The van der Waals surface area contributed by atoms with Crippen LogP contribution in [0.5, 0.6) is 5.75 Å². The minimum absolute atomic E-state index is 0.00875. The number of nitrogens with zero attached hydrogens (tertiary/aromatic N) is 2. The molecule has 37 heavy (non-hydrogen) atoms. The average molecular weight is 508 g/mol. The Kier molecular flexibility index (Phi) is 7.58. The number of nitrogens with one attached hydrogen (secondary N) is 1. The highest BCUT2D eigenvalue weighted by Gasteiger charge is 2.26. The third-order valence-corrected chi connectivity index (χ3v) is 7.74. The molecule has 8 heteroatoms. The summed E-state index contributed by atoms with van der Waals surface area (Å²) in [4.78, 5) is 29.3. The molecule has 0 radical (unpaired) electrons. The minimum atomic E-state index is -0.531. The quantitative estimate of drug-likeness (QED) is 0.524. The fraction of sp³-hybridized carbons (Fsp3) is 0.448. The van der Waals surface area contributed by atoms with Crippen LogP contribution in [-0.4, -0.2) is 59.4 Å². The van der Waals surface area contributed by atoms with Crippen LogP contribution in [0.1, 0.15) is 43.0 Å². The molecule has 7 nitrogen and oxygen atoms in total. The van der Waals surface area contributed by atoms with Gasteiger partial charge in [0, 0.05) is 37.6 Å². The molecular formula is C29H34FN3O4. The third-order valence-electron chi connectivity index (χ3n) is 7.74. The number of aromatic nitrogens is 1.